The van der Waals surface area contributed by atoms with E-state index < -0.39 is 23.3 Å². The van der Waals surface area contributed by atoms with Gasteiger partial charge >= 0.3 is 11.9 Å². The Morgan fingerprint density at radius 3 is 2.38 bits per heavy atom. The van der Waals surface area contributed by atoms with Crippen LogP contribution in [0.2, 0.25) is 0 Å². The molecule has 16 heavy (non-hydrogen) atoms. The lowest BCUT2D eigenvalue weighted by Gasteiger charge is -2.03. The number of esters is 1. The van der Waals surface area contributed by atoms with E-state index in [1.165, 1.54) is 6.07 Å². The number of aliphatic carboxylic acids is 1. The van der Waals surface area contributed by atoms with Crippen molar-refractivity contribution in [1.29, 1.82) is 5.26 Å². The monoisotopic (exact) mass is 227 g/mol. The van der Waals surface area contributed by atoms with Gasteiger partial charge in [0, 0.05) is 12.8 Å². The summed E-state index contributed by atoms with van der Waals surface area (Å²) in [5.41, 5.74) is -0.466. The van der Waals surface area contributed by atoms with E-state index in [-0.39, 0.29) is 25.9 Å². The van der Waals surface area contributed by atoms with Crippen LogP contribution >= 0.6 is 0 Å². The average Bonchev–Trinajstić information content (AvgIpc) is 2.18. The molecule has 0 aromatic rings. The molecule has 0 spiro atoms. The minimum absolute atomic E-state index is 0.0337. The molecule has 0 unspecified atom stereocenters. The van der Waals surface area contributed by atoms with E-state index in [4.69, 9.17) is 10.4 Å². The van der Waals surface area contributed by atoms with Crippen LogP contribution in [0.5, 0.6) is 0 Å². The number of hydrogen-bond acceptors (Lipinski definition) is 5. The van der Waals surface area contributed by atoms with Crippen LogP contribution in [0, 0.1) is 11.3 Å². The van der Waals surface area contributed by atoms with Crippen molar-refractivity contribution in [3.63, 3.8) is 0 Å². The third kappa shape index (κ3) is 5.00. The molecule has 0 heterocycles. The Balaban J connectivity index is 4.45. The largest absolute Gasteiger partial charge is 0.511 e. The van der Waals surface area contributed by atoms with Crippen LogP contribution in [-0.4, -0.2) is 28.8 Å². The molecule has 0 aliphatic rings. The van der Waals surface area contributed by atoms with Gasteiger partial charge in [0.2, 0.25) is 0 Å². The van der Waals surface area contributed by atoms with Crippen molar-refractivity contribution in [3.8, 4) is 6.07 Å². The molecule has 0 saturated heterocycles. The van der Waals surface area contributed by atoms with Gasteiger partial charge in [-0.2, -0.15) is 5.26 Å². The van der Waals surface area contributed by atoms with Crippen LogP contribution in [0.3, 0.4) is 0 Å². The smallest absolute Gasteiger partial charge is 0.352 e. The highest BCUT2D eigenvalue weighted by molar-refractivity contribution is 5.93. The fourth-order valence-corrected chi connectivity index (χ4v) is 0.963. The Bertz CT molecular complexity index is 340. The predicted octanol–water partition coefficient (Wildman–Crippen LogP) is 1.14. The van der Waals surface area contributed by atoms with Gasteiger partial charge in [0.25, 0.3) is 0 Å². The zero-order valence-corrected chi connectivity index (χ0v) is 8.89. The summed E-state index contributed by atoms with van der Waals surface area (Å²) in [6.45, 7) is 1.68. The molecule has 0 radical (unpaired) electrons. The number of aliphatic hydroxyl groups excluding tert-OH is 1. The number of hydrogen-bond donors (Lipinski definition) is 2. The number of carboxylic acids is 1. The minimum Gasteiger partial charge on any atom is -0.511 e. The quantitative estimate of drug-likeness (QED) is 0.305. The van der Waals surface area contributed by atoms with Gasteiger partial charge in [0.05, 0.1) is 6.61 Å². The molecular weight excluding hydrogens is 214 g/mol. The second kappa shape index (κ2) is 7.29. The van der Waals surface area contributed by atoms with Crippen LogP contribution in [-0.2, 0) is 14.3 Å². The first-order valence-corrected chi connectivity index (χ1v) is 4.74. The van der Waals surface area contributed by atoms with E-state index in [0.717, 1.165) is 0 Å². The molecule has 0 saturated carbocycles. The molecule has 2 N–H and O–H groups in total. The van der Waals surface area contributed by atoms with Crippen LogP contribution in [0.15, 0.2) is 11.3 Å². The van der Waals surface area contributed by atoms with Crippen molar-refractivity contribution in [2.75, 3.05) is 6.61 Å². The lowest BCUT2D eigenvalue weighted by atomic mass is 10.1. The standard InChI is InChI=1S/C10H13NO5/c1-2-16-10(15)7(6-11)8(12)4-3-5-9(13)14/h12H,2-5H2,1H3,(H,13,14)/b8-7+. The Labute approximate surface area is 92.8 Å². The molecular formula is C10H13NO5. The third-order valence-corrected chi connectivity index (χ3v) is 1.68. The van der Waals surface area contributed by atoms with E-state index in [0.29, 0.717) is 0 Å². The fourth-order valence-electron chi connectivity index (χ4n) is 0.963. The topological polar surface area (TPSA) is 108 Å². The molecule has 0 aliphatic carbocycles. The van der Waals surface area contributed by atoms with Crippen molar-refractivity contribution in [1.82, 2.24) is 0 Å². The maximum Gasteiger partial charge on any atom is 0.352 e. The van der Waals surface area contributed by atoms with Crippen molar-refractivity contribution in [3.05, 3.63) is 11.3 Å². The zero-order chi connectivity index (χ0) is 12.6. The van der Waals surface area contributed by atoms with Crippen molar-refractivity contribution in [2.24, 2.45) is 0 Å². The highest BCUT2D eigenvalue weighted by atomic mass is 16.5. The van der Waals surface area contributed by atoms with Crippen LogP contribution in [0.1, 0.15) is 26.2 Å². The minimum atomic E-state index is -0.998. The van der Waals surface area contributed by atoms with Crippen molar-refractivity contribution >= 4 is 11.9 Å². The van der Waals surface area contributed by atoms with E-state index in [2.05, 4.69) is 4.74 Å². The lowest BCUT2D eigenvalue weighted by molar-refractivity contribution is -0.138. The molecule has 88 valence electrons. The maximum atomic E-state index is 11.1. The number of allylic oxidation sites excluding steroid dienone is 1. The Morgan fingerprint density at radius 2 is 1.94 bits per heavy atom. The van der Waals surface area contributed by atoms with E-state index in [9.17, 15) is 14.7 Å². The highest BCUT2D eigenvalue weighted by Crippen LogP contribution is 2.11. The Morgan fingerprint density at radius 1 is 1.31 bits per heavy atom. The highest BCUT2D eigenvalue weighted by Gasteiger charge is 2.16. The number of nitriles is 1. The summed E-state index contributed by atoms with van der Waals surface area (Å²) in [6.07, 6.45) is -0.00858. The van der Waals surface area contributed by atoms with Gasteiger partial charge in [-0.15, -0.1) is 0 Å². The van der Waals surface area contributed by atoms with E-state index in [1.807, 2.05) is 0 Å². The van der Waals surface area contributed by atoms with E-state index >= 15 is 0 Å². The Kier molecular flexibility index (Phi) is 6.36. The van der Waals surface area contributed by atoms with Gasteiger partial charge in [0.1, 0.15) is 11.8 Å². The van der Waals surface area contributed by atoms with Crippen molar-refractivity contribution < 1.29 is 24.5 Å². The number of carbonyl (C=O) groups excluding carboxylic acids is 1. The molecule has 6 nitrogen and oxygen atoms in total. The Hall–Kier alpha value is -2.03. The summed E-state index contributed by atoms with van der Waals surface area (Å²) in [5.74, 6) is -2.32. The first kappa shape index (κ1) is 14.0. The first-order valence-electron chi connectivity index (χ1n) is 4.74. The molecule has 0 fully saturated rings. The van der Waals surface area contributed by atoms with Gasteiger partial charge in [-0.1, -0.05) is 0 Å². The van der Waals surface area contributed by atoms with Gasteiger partial charge in [-0.25, -0.2) is 4.79 Å². The lowest BCUT2D eigenvalue weighted by Crippen LogP contribution is -2.09. The number of ether oxygens (including phenoxy) is 1. The van der Waals surface area contributed by atoms with Gasteiger partial charge in [0.15, 0.2) is 5.57 Å². The SMILES string of the molecule is CCOC(=O)/C(C#N)=C(/O)CCCC(=O)O. The molecule has 0 aromatic carbocycles. The summed E-state index contributed by atoms with van der Waals surface area (Å²) in [4.78, 5) is 21.3. The summed E-state index contributed by atoms with van der Waals surface area (Å²) < 4.78 is 4.55. The van der Waals surface area contributed by atoms with Crippen LogP contribution < -0.4 is 0 Å². The average molecular weight is 227 g/mol. The number of rotatable bonds is 6. The predicted molar refractivity (Wildman–Crippen MR) is 53.4 cm³/mol. The molecule has 0 aliphatic heterocycles. The van der Waals surface area contributed by atoms with Crippen LogP contribution in [0.25, 0.3) is 0 Å². The zero-order valence-electron chi connectivity index (χ0n) is 8.89. The van der Waals surface area contributed by atoms with Crippen molar-refractivity contribution in [2.45, 2.75) is 26.2 Å². The third-order valence-electron chi connectivity index (χ3n) is 1.68. The molecule has 6 heteroatoms. The van der Waals surface area contributed by atoms with Gasteiger partial charge in [-0.3, -0.25) is 4.79 Å². The second-order valence-electron chi connectivity index (χ2n) is 2.90. The molecule has 0 aromatic heterocycles. The summed E-state index contributed by atoms with van der Waals surface area (Å²) in [7, 11) is 0. The van der Waals surface area contributed by atoms with E-state index in [1.54, 1.807) is 6.92 Å². The normalized spacial score (nSPS) is 11.2. The van der Waals surface area contributed by atoms with Gasteiger partial charge in [-0.05, 0) is 13.3 Å². The summed E-state index contributed by atoms with van der Waals surface area (Å²) >= 11 is 0. The number of aliphatic hydroxyl groups is 1. The molecule has 0 rings (SSSR count). The first-order chi connectivity index (χ1) is 7.52. The molecule has 0 amide bonds. The second-order valence-corrected chi connectivity index (χ2v) is 2.90. The summed E-state index contributed by atoms with van der Waals surface area (Å²) in [6, 6.07) is 1.53. The summed E-state index contributed by atoms with van der Waals surface area (Å²) in [5, 5.41) is 26.4. The number of carboxylic acid groups (broad SMARTS) is 1. The molecule has 0 bridgehead atoms. The number of nitrogens with zero attached hydrogens (tertiary/aromatic N) is 1. The number of carbonyl (C=O) groups is 2. The van der Waals surface area contributed by atoms with Crippen LogP contribution in [0.4, 0.5) is 0 Å². The maximum absolute atomic E-state index is 11.1. The molecule has 0 atom stereocenters. The van der Waals surface area contributed by atoms with Gasteiger partial charge < -0.3 is 14.9 Å². The fraction of sp³-hybridized carbons (Fsp3) is 0.500.